The average Bonchev–Trinajstić information content (AvgIpc) is 3.02. The van der Waals surface area contributed by atoms with Gasteiger partial charge in [-0.25, -0.2) is 4.68 Å². The van der Waals surface area contributed by atoms with Crippen LogP contribution in [0.4, 0.5) is 5.69 Å². The Balaban J connectivity index is 1.42. The fourth-order valence-corrected chi connectivity index (χ4v) is 4.08. The van der Waals surface area contributed by atoms with Crippen LogP contribution in [-0.4, -0.2) is 40.8 Å². The first kappa shape index (κ1) is 17.5. The molecule has 2 aromatic rings. The van der Waals surface area contributed by atoms with Crippen LogP contribution in [0.5, 0.6) is 0 Å². The fraction of sp³-hybridized carbons (Fsp3) is 0.619. The maximum atomic E-state index is 5.81. The lowest BCUT2D eigenvalue weighted by atomic mass is 9.84. The van der Waals surface area contributed by atoms with E-state index in [0.717, 1.165) is 44.8 Å². The third kappa shape index (κ3) is 3.93. The van der Waals surface area contributed by atoms with E-state index in [-0.39, 0.29) is 6.10 Å². The molecular weight excluding hydrogens is 324 g/mol. The molecule has 0 radical (unpaired) electrons. The minimum absolute atomic E-state index is 0.290. The van der Waals surface area contributed by atoms with Crippen molar-refractivity contribution in [1.82, 2.24) is 15.0 Å². The Bertz CT molecular complexity index is 753. The minimum atomic E-state index is 0.290. The number of rotatable bonds is 5. The average molecular weight is 354 g/mol. The quantitative estimate of drug-likeness (QED) is 0.823. The molecule has 2 saturated heterocycles. The van der Waals surface area contributed by atoms with Crippen LogP contribution in [0.15, 0.2) is 24.4 Å². The summed E-state index contributed by atoms with van der Waals surface area (Å²) >= 11 is 0. The summed E-state index contributed by atoms with van der Waals surface area (Å²) in [6.45, 7) is 10.8. The summed E-state index contributed by atoms with van der Waals surface area (Å²) in [6.07, 6.45) is 6.77. The normalized spacial score (nSPS) is 22.3. The molecule has 0 bridgehead atoms. The van der Waals surface area contributed by atoms with E-state index in [1.807, 2.05) is 4.68 Å². The Morgan fingerprint density at radius 2 is 2.08 bits per heavy atom. The molecule has 1 aromatic carbocycles. The standard InChI is InChI=1S/C21H30N4O/c1-16-7-8-19(24-14-21(2,3)15-24)11-17(16)10-18-12-25(23-22-18)13-20-6-4-5-9-26-20/h7-8,11-12,20H,4-6,9-10,13-15H2,1-3H3. The van der Waals surface area contributed by atoms with Crippen molar-refractivity contribution in [3.8, 4) is 0 Å². The molecule has 2 aliphatic rings. The Morgan fingerprint density at radius 1 is 1.23 bits per heavy atom. The summed E-state index contributed by atoms with van der Waals surface area (Å²) in [6, 6.07) is 6.80. The molecule has 2 aliphatic heterocycles. The largest absolute Gasteiger partial charge is 0.376 e. The van der Waals surface area contributed by atoms with Gasteiger partial charge in [-0.05, 0) is 54.9 Å². The smallest absolute Gasteiger partial charge is 0.0870 e. The molecule has 1 atom stereocenters. The minimum Gasteiger partial charge on any atom is -0.376 e. The van der Waals surface area contributed by atoms with E-state index in [1.54, 1.807) is 0 Å². The van der Waals surface area contributed by atoms with E-state index in [2.05, 4.69) is 60.4 Å². The Labute approximate surface area is 156 Å². The lowest BCUT2D eigenvalue weighted by Gasteiger charge is -2.47. The van der Waals surface area contributed by atoms with Gasteiger partial charge in [0.1, 0.15) is 0 Å². The van der Waals surface area contributed by atoms with Crippen molar-refractivity contribution < 1.29 is 4.74 Å². The Morgan fingerprint density at radius 3 is 2.81 bits per heavy atom. The van der Waals surface area contributed by atoms with E-state index in [9.17, 15) is 0 Å². The summed E-state index contributed by atoms with van der Waals surface area (Å²) < 4.78 is 7.76. The predicted octanol–water partition coefficient (Wildman–Crippen LogP) is 3.59. The SMILES string of the molecule is Cc1ccc(N2CC(C)(C)C2)cc1Cc1cn(CC2CCCCO2)nn1. The van der Waals surface area contributed by atoms with Gasteiger partial charge in [0.05, 0.1) is 18.3 Å². The zero-order chi connectivity index (χ0) is 18.1. The van der Waals surface area contributed by atoms with Crippen LogP contribution in [0, 0.1) is 12.3 Å². The van der Waals surface area contributed by atoms with Crippen LogP contribution in [0.2, 0.25) is 0 Å². The molecule has 2 fully saturated rings. The first-order valence-electron chi connectivity index (χ1n) is 9.84. The molecule has 0 saturated carbocycles. The van der Waals surface area contributed by atoms with Crippen LogP contribution in [-0.2, 0) is 17.7 Å². The molecule has 5 nitrogen and oxygen atoms in total. The molecular formula is C21H30N4O. The van der Waals surface area contributed by atoms with Crippen LogP contribution in [0.25, 0.3) is 0 Å². The van der Waals surface area contributed by atoms with Crippen molar-refractivity contribution in [1.29, 1.82) is 0 Å². The number of hydrogen-bond acceptors (Lipinski definition) is 4. The number of benzene rings is 1. The molecule has 5 heteroatoms. The van der Waals surface area contributed by atoms with Crippen LogP contribution < -0.4 is 4.90 Å². The summed E-state index contributed by atoms with van der Waals surface area (Å²) in [5.74, 6) is 0. The second-order valence-electron chi connectivity index (χ2n) is 8.73. The van der Waals surface area contributed by atoms with Gasteiger partial charge in [0.2, 0.25) is 0 Å². The molecule has 3 heterocycles. The highest BCUT2D eigenvalue weighted by Gasteiger charge is 2.34. The van der Waals surface area contributed by atoms with E-state index < -0.39 is 0 Å². The van der Waals surface area contributed by atoms with Gasteiger partial charge in [-0.1, -0.05) is 25.1 Å². The monoisotopic (exact) mass is 354 g/mol. The number of anilines is 1. The molecule has 4 rings (SSSR count). The van der Waals surface area contributed by atoms with E-state index in [1.165, 1.54) is 29.7 Å². The molecule has 0 amide bonds. The fourth-order valence-electron chi connectivity index (χ4n) is 4.08. The highest BCUT2D eigenvalue weighted by molar-refractivity contribution is 5.54. The highest BCUT2D eigenvalue weighted by atomic mass is 16.5. The first-order valence-corrected chi connectivity index (χ1v) is 9.84. The maximum absolute atomic E-state index is 5.81. The van der Waals surface area contributed by atoms with Crippen LogP contribution in [0.1, 0.15) is 49.9 Å². The van der Waals surface area contributed by atoms with Gasteiger partial charge >= 0.3 is 0 Å². The molecule has 0 N–H and O–H groups in total. The zero-order valence-corrected chi connectivity index (χ0v) is 16.2. The van der Waals surface area contributed by atoms with E-state index in [4.69, 9.17) is 4.74 Å². The third-order valence-electron chi connectivity index (χ3n) is 5.56. The van der Waals surface area contributed by atoms with Crippen molar-refractivity contribution in [3.63, 3.8) is 0 Å². The van der Waals surface area contributed by atoms with Crippen molar-refractivity contribution in [2.24, 2.45) is 5.41 Å². The van der Waals surface area contributed by atoms with E-state index in [0.29, 0.717) is 5.41 Å². The zero-order valence-electron chi connectivity index (χ0n) is 16.2. The predicted molar refractivity (Wildman–Crippen MR) is 104 cm³/mol. The van der Waals surface area contributed by atoms with Gasteiger partial charge in [-0.15, -0.1) is 5.10 Å². The molecule has 0 aliphatic carbocycles. The second-order valence-corrected chi connectivity index (χ2v) is 8.73. The van der Waals surface area contributed by atoms with Gasteiger partial charge in [0, 0.05) is 38.0 Å². The topological polar surface area (TPSA) is 43.2 Å². The summed E-state index contributed by atoms with van der Waals surface area (Å²) in [7, 11) is 0. The van der Waals surface area contributed by atoms with Crippen molar-refractivity contribution in [3.05, 3.63) is 41.2 Å². The number of ether oxygens (including phenoxy) is 1. The summed E-state index contributed by atoms with van der Waals surface area (Å²) in [5, 5.41) is 8.71. The number of hydrogen-bond donors (Lipinski definition) is 0. The lowest BCUT2D eigenvalue weighted by Crippen LogP contribution is -2.53. The number of nitrogens with zero attached hydrogens (tertiary/aromatic N) is 4. The molecule has 140 valence electrons. The van der Waals surface area contributed by atoms with Crippen molar-refractivity contribution >= 4 is 5.69 Å². The van der Waals surface area contributed by atoms with Crippen LogP contribution >= 0.6 is 0 Å². The van der Waals surface area contributed by atoms with Gasteiger partial charge in [-0.3, -0.25) is 0 Å². The second kappa shape index (κ2) is 7.03. The van der Waals surface area contributed by atoms with Gasteiger partial charge in [0.25, 0.3) is 0 Å². The van der Waals surface area contributed by atoms with Gasteiger partial charge < -0.3 is 9.64 Å². The highest BCUT2D eigenvalue weighted by Crippen LogP contribution is 2.34. The van der Waals surface area contributed by atoms with Crippen molar-refractivity contribution in [2.75, 3.05) is 24.6 Å². The Hall–Kier alpha value is -1.88. The summed E-state index contributed by atoms with van der Waals surface area (Å²) in [4.78, 5) is 2.46. The third-order valence-corrected chi connectivity index (χ3v) is 5.56. The first-order chi connectivity index (χ1) is 12.5. The molecule has 1 unspecified atom stereocenters. The lowest BCUT2D eigenvalue weighted by molar-refractivity contribution is 0.00370. The van der Waals surface area contributed by atoms with Crippen molar-refractivity contribution in [2.45, 2.75) is 59.1 Å². The number of aryl methyl sites for hydroxylation is 1. The number of aromatic nitrogens is 3. The molecule has 26 heavy (non-hydrogen) atoms. The van der Waals surface area contributed by atoms with Gasteiger partial charge in [0.15, 0.2) is 0 Å². The Kier molecular flexibility index (Phi) is 4.74. The van der Waals surface area contributed by atoms with E-state index >= 15 is 0 Å². The van der Waals surface area contributed by atoms with Crippen LogP contribution in [0.3, 0.4) is 0 Å². The van der Waals surface area contributed by atoms with Gasteiger partial charge in [-0.2, -0.15) is 0 Å². The summed E-state index contributed by atoms with van der Waals surface area (Å²) in [5.41, 5.74) is 5.46. The molecule has 1 aromatic heterocycles. The maximum Gasteiger partial charge on any atom is 0.0870 e. The molecule has 0 spiro atoms.